The van der Waals surface area contributed by atoms with Crippen LogP contribution in [0.2, 0.25) is 0 Å². The lowest BCUT2D eigenvalue weighted by Gasteiger charge is -2.49. The number of aliphatic carboxylic acids is 1. The first-order valence-corrected chi connectivity index (χ1v) is 20.3. The molecule has 1 aromatic heterocycles. The van der Waals surface area contributed by atoms with Gasteiger partial charge in [0.1, 0.15) is 18.1 Å². The molecule has 5 heterocycles. The van der Waals surface area contributed by atoms with Gasteiger partial charge in [-0.3, -0.25) is 33.7 Å². The SMILES string of the molecule is CC(C)C[C@H]1C(=O)N2CCC[C@H]2[C@]2(O)O[C@](NC(=O)[C@@H]3C=C4c5cccc6[nH]c(Br)c(c56)C[C@H]4N(C)C3)(C(C)C)C(=O)N12.N[C@@H](Cc1ccc(O)c(O)c1)C(=O)O. The summed E-state index contributed by atoms with van der Waals surface area (Å²) >= 11 is 3.70. The Morgan fingerprint density at radius 1 is 1.12 bits per heavy atom. The molecule has 0 radical (unpaired) electrons. The lowest BCUT2D eigenvalue weighted by Crippen LogP contribution is -2.71. The minimum atomic E-state index is -2.01. The Balaban J connectivity index is 0.000000301. The number of aromatic nitrogens is 1. The zero-order valence-electron chi connectivity index (χ0n) is 32.7. The number of carboxylic acid groups (broad SMARTS) is 1. The van der Waals surface area contributed by atoms with E-state index in [4.69, 9.17) is 25.8 Å². The van der Waals surface area contributed by atoms with Crippen LogP contribution in [0.15, 0.2) is 47.1 Å². The molecule has 8 rings (SSSR count). The molecule has 1 aliphatic carbocycles. The maximum absolute atomic E-state index is 14.4. The van der Waals surface area contributed by atoms with Crippen LogP contribution < -0.4 is 11.1 Å². The summed E-state index contributed by atoms with van der Waals surface area (Å²) in [6.07, 6.45) is 4.60. The lowest BCUT2D eigenvalue weighted by molar-refractivity contribution is -0.322. The fourth-order valence-corrected chi connectivity index (χ4v) is 9.76. The van der Waals surface area contributed by atoms with Gasteiger partial charge < -0.3 is 41.4 Å². The van der Waals surface area contributed by atoms with Gasteiger partial charge in [-0.05, 0) is 101 Å². The van der Waals surface area contributed by atoms with Crippen molar-refractivity contribution in [2.45, 2.75) is 95.6 Å². The summed E-state index contributed by atoms with van der Waals surface area (Å²) in [5.74, 6) is -5.63. The number of nitrogens with one attached hydrogen (secondary N) is 2. The van der Waals surface area contributed by atoms with Crippen molar-refractivity contribution in [2.75, 3.05) is 20.1 Å². The second kappa shape index (κ2) is 15.0. The highest BCUT2D eigenvalue weighted by Gasteiger charge is 2.72. The van der Waals surface area contributed by atoms with Gasteiger partial charge in [0.2, 0.25) is 17.5 Å². The predicted octanol–water partition coefficient (Wildman–Crippen LogP) is 3.25. The zero-order chi connectivity index (χ0) is 41.3. The molecule has 0 spiro atoms. The highest BCUT2D eigenvalue weighted by atomic mass is 79.9. The molecular formula is C41H51BrN6O9. The number of carboxylic acids is 1. The van der Waals surface area contributed by atoms with Crippen molar-refractivity contribution in [3.05, 3.63) is 63.8 Å². The van der Waals surface area contributed by atoms with Crippen LogP contribution in [-0.4, -0.2) is 120 Å². The van der Waals surface area contributed by atoms with E-state index in [-0.39, 0.29) is 41.7 Å². The molecule has 3 fully saturated rings. The van der Waals surface area contributed by atoms with Crippen LogP contribution in [0, 0.1) is 17.8 Å². The summed E-state index contributed by atoms with van der Waals surface area (Å²) in [7, 11) is 2.03. The summed E-state index contributed by atoms with van der Waals surface area (Å²) in [6, 6.07) is 7.86. The minimum Gasteiger partial charge on any atom is -0.504 e. The van der Waals surface area contributed by atoms with Gasteiger partial charge in [-0.15, -0.1) is 0 Å². The molecule has 57 heavy (non-hydrogen) atoms. The van der Waals surface area contributed by atoms with Crippen molar-refractivity contribution < 1.29 is 44.3 Å². The van der Waals surface area contributed by atoms with Crippen LogP contribution in [0.25, 0.3) is 16.5 Å². The molecule has 2 aromatic carbocycles. The Bertz CT molecular complexity index is 2160. The second-order valence-electron chi connectivity index (χ2n) is 16.7. The maximum Gasteiger partial charge on any atom is 0.320 e. The standard InChI is InChI=1S/C32H40BrN5O5.C9H11NO4/c1-16(2)12-24-29(40)37-11-7-10-25(37)32(42)38(24)30(41)31(43-32,17(3)4)35-28(39)18-13-20-19-8-6-9-22-26(19)21(27(33)34-22)14-23(20)36(5)15-18;10-6(9(13)14)3-5-1-2-7(11)8(12)4-5/h6,8-9,13,16-18,23-25,34,42H,7,10-12,14-15H2,1-5H3,(H,35,39);1-2,4,6,11-12H,3,10H2,(H,13,14)/t18-,23-,24+,25+,31-,32+;6-/m10/s1. The Labute approximate surface area is 338 Å². The average molecular weight is 852 g/mol. The number of amides is 3. The van der Waals surface area contributed by atoms with Crippen molar-refractivity contribution in [1.82, 2.24) is 25.0 Å². The summed E-state index contributed by atoms with van der Waals surface area (Å²) < 4.78 is 7.43. The number of nitrogens with zero attached hydrogens (tertiary/aromatic N) is 3. The van der Waals surface area contributed by atoms with Crippen LogP contribution in [0.5, 0.6) is 11.5 Å². The van der Waals surface area contributed by atoms with E-state index >= 15 is 0 Å². The average Bonchev–Trinajstić information content (AvgIpc) is 3.84. The van der Waals surface area contributed by atoms with E-state index in [1.165, 1.54) is 34.0 Å². The first kappa shape index (κ1) is 40.7. The molecule has 0 saturated carbocycles. The molecule has 3 aromatic rings. The highest BCUT2D eigenvalue weighted by molar-refractivity contribution is 9.10. The number of likely N-dealkylation sites (N-methyl/N-ethyl adjacent to an activating group) is 1. The molecule has 0 bridgehead atoms. The van der Waals surface area contributed by atoms with Crippen molar-refractivity contribution in [2.24, 2.45) is 23.5 Å². The van der Waals surface area contributed by atoms with E-state index in [2.05, 4.69) is 43.3 Å². The number of phenolic OH excluding ortho intramolecular Hbond substituents is 2. The summed E-state index contributed by atoms with van der Waals surface area (Å²) in [6.45, 7) is 8.57. The van der Waals surface area contributed by atoms with Gasteiger partial charge in [-0.2, -0.15) is 0 Å². The molecule has 0 unspecified atom stereocenters. The highest BCUT2D eigenvalue weighted by Crippen LogP contribution is 2.49. The number of halogens is 1. The smallest absolute Gasteiger partial charge is 0.320 e. The number of carbonyl (C=O) groups is 4. The zero-order valence-corrected chi connectivity index (χ0v) is 34.2. The maximum atomic E-state index is 14.4. The monoisotopic (exact) mass is 850 g/mol. The number of carbonyl (C=O) groups excluding carboxylic acids is 3. The van der Waals surface area contributed by atoms with Crippen LogP contribution in [0.1, 0.15) is 63.6 Å². The normalized spacial score (nSPS) is 28.5. The molecule has 306 valence electrons. The summed E-state index contributed by atoms with van der Waals surface area (Å²) in [5.41, 5.74) is 8.53. The van der Waals surface area contributed by atoms with E-state index in [0.717, 1.165) is 34.1 Å². The Kier molecular flexibility index (Phi) is 10.7. The largest absolute Gasteiger partial charge is 0.504 e. The Morgan fingerprint density at radius 2 is 1.86 bits per heavy atom. The van der Waals surface area contributed by atoms with Crippen LogP contribution in [0.3, 0.4) is 0 Å². The fraction of sp³-hybridized carbons (Fsp3) is 0.512. The number of H-pyrrole nitrogens is 1. The minimum absolute atomic E-state index is 0.104. The van der Waals surface area contributed by atoms with Crippen LogP contribution in [-0.2, 0) is 36.8 Å². The molecule has 5 aliphatic rings. The molecule has 4 aliphatic heterocycles. The van der Waals surface area contributed by atoms with Gasteiger partial charge in [-0.1, -0.05) is 52.0 Å². The van der Waals surface area contributed by atoms with Crippen molar-refractivity contribution >= 4 is 56.1 Å². The number of aromatic hydroxyl groups is 2. The second-order valence-corrected chi connectivity index (χ2v) is 17.4. The van der Waals surface area contributed by atoms with Gasteiger partial charge in [0.25, 0.3) is 11.8 Å². The molecule has 16 heteroatoms. The van der Waals surface area contributed by atoms with Crippen molar-refractivity contribution in [3.8, 4) is 11.5 Å². The van der Waals surface area contributed by atoms with Crippen LogP contribution in [0.4, 0.5) is 0 Å². The van der Waals surface area contributed by atoms with Crippen molar-refractivity contribution in [1.29, 1.82) is 0 Å². The topological polar surface area (TPSA) is 222 Å². The lowest BCUT2D eigenvalue weighted by atomic mass is 9.79. The molecule has 3 amide bonds. The number of benzene rings is 2. The number of hydrogen-bond acceptors (Lipinski definition) is 10. The first-order valence-electron chi connectivity index (χ1n) is 19.5. The number of hydrogen-bond donors (Lipinski definition) is 7. The Hall–Kier alpha value is -4.48. The quantitative estimate of drug-likeness (QED) is 0.163. The number of nitrogens with two attached hydrogens (primary N) is 1. The summed E-state index contributed by atoms with van der Waals surface area (Å²) in [5, 5.41) is 42.9. The summed E-state index contributed by atoms with van der Waals surface area (Å²) in [4.78, 5) is 61.2. The van der Waals surface area contributed by atoms with Gasteiger partial charge in [0, 0.05) is 36.0 Å². The number of fused-ring (bicyclic) bond motifs is 5. The predicted molar refractivity (Wildman–Crippen MR) is 213 cm³/mol. The van der Waals surface area contributed by atoms with Gasteiger partial charge >= 0.3 is 5.97 Å². The van der Waals surface area contributed by atoms with E-state index in [1.807, 2.05) is 33.0 Å². The van der Waals surface area contributed by atoms with E-state index in [9.17, 15) is 24.3 Å². The third-order valence-corrected chi connectivity index (χ3v) is 12.7. The fourth-order valence-electron chi connectivity index (χ4n) is 9.18. The number of ether oxygens (including phenoxy) is 1. The van der Waals surface area contributed by atoms with Crippen molar-refractivity contribution in [3.63, 3.8) is 0 Å². The molecular weight excluding hydrogens is 800 g/mol. The van der Waals surface area contributed by atoms with Gasteiger partial charge in [0.05, 0.1) is 10.5 Å². The molecule has 8 N–H and O–H groups in total. The molecule has 15 nitrogen and oxygen atoms in total. The van der Waals surface area contributed by atoms with E-state index in [0.29, 0.717) is 31.5 Å². The first-order chi connectivity index (χ1) is 26.9. The molecule has 3 saturated heterocycles. The number of aromatic amines is 1. The number of aliphatic hydroxyl groups is 1. The number of rotatable bonds is 8. The van der Waals surface area contributed by atoms with E-state index < -0.39 is 53.5 Å². The Morgan fingerprint density at radius 3 is 2.53 bits per heavy atom. The van der Waals surface area contributed by atoms with Gasteiger partial charge in [-0.25, -0.2) is 0 Å². The number of phenols is 2. The number of piperazine rings is 1. The van der Waals surface area contributed by atoms with Crippen LogP contribution >= 0.6 is 15.9 Å². The molecule has 7 atom stereocenters. The third-order valence-electron chi connectivity index (χ3n) is 12.1. The van der Waals surface area contributed by atoms with E-state index in [1.54, 1.807) is 18.7 Å². The van der Waals surface area contributed by atoms with Gasteiger partial charge in [0.15, 0.2) is 11.5 Å². The third kappa shape index (κ3) is 6.88.